The minimum atomic E-state index is -4.57. The fraction of sp³-hybridized carbons (Fsp3) is 1.00. The predicted molar refractivity (Wildman–Crippen MR) is 151 cm³/mol. The fourth-order valence-corrected chi connectivity index (χ4v) is 5.40. The van der Waals surface area contributed by atoms with Crippen molar-refractivity contribution in [2.75, 3.05) is 6.61 Å². The summed E-state index contributed by atoms with van der Waals surface area (Å²) in [6, 6.07) is 0. The average molecular weight is 557 g/mol. The van der Waals surface area contributed by atoms with Crippen LogP contribution in [0.3, 0.4) is 0 Å². The number of rotatable bonds is 29. The van der Waals surface area contributed by atoms with Gasteiger partial charge in [-0.05, 0) is 18.8 Å². The maximum atomic E-state index is 10.8. The van der Waals surface area contributed by atoms with Crippen LogP contribution in [-0.2, 0) is 14.6 Å². The van der Waals surface area contributed by atoms with Gasteiger partial charge in [0.25, 0.3) is 0 Å². The zero-order valence-corrected chi connectivity index (χ0v) is 28.7. The van der Waals surface area contributed by atoms with E-state index in [1.54, 1.807) is 0 Å². The van der Waals surface area contributed by atoms with E-state index in [1.165, 1.54) is 141 Å². The smallest absolute Gasteiger partial charge is 0.726 e. The Bertz CT molecular complexity index is 513. The largest absolute Gasteiger partial charge is 1.00 e. The first-order valence-corrected chi connectivity index (χ1v) is 16.9. The van der Waals surface area contributed by atoms with Gasteiger partial charge in [-0.1, -0.05) is 168 Å². The molecule has 0 N–H and O–H groups in total. The Morgan fingerprint density at radius 3 is 1.03 bits per heavy atom. The van der Waals surface area contributed by atoms with Crippen LogP contribution in [0.1, 0.15) is 181 Å². The molecule has 0 aliphatic carbocycles. The van der Waals surface area contributed by atoms with E-state index in [4.69, 9.17) is 0 Å². The molecule has 0 aromatic rings. The maximum absolute atomic E-state index is 10.8. The molecule has 0 fully saturated rings. The summed E-state index contributed by atoms with van der Waals surface area (Å²) in [6.45, 7) is 4.54. The van der Waals surface area contributed by atoms with E-state index in [-0.39, 0.29) is 63.9 Å². The molecule has 0 radical (unpaired) electrons. The Morgan fingerprint density at radius 1 is 0.500 bits per heavy atom. The molecule has 1 unspecified atom stereocenters. The van der Waals surface area contributed by atoms with Crippen LogP contribution >= 0.6 is 0 Å². The van der Waals surface area contributed by atoms with Crippen LogP contribution in [0.15, 0.2) is 0 Å². The van der Waals surface area contributed by atoms with E-state index in [1.807, 2.05) is 0 Å². The molecule has 0 heterocycles. The van der Waals surface area contributed by atoms with Crippen molar-refractivity contribution in [1.29, 1.82) is 0 Å². The Kier molecular flexibility index (Phi) is 34.2. The van der Waals surface area contributed by atoms with Gasteiger partial charge in [-0.2, -0.15) is 0 Å². The summed E-state index contributed by atoms with van der Waals surface area (Å²) < 4.78 is 36.9. The molecule has 0 aromatic carbocycles. The van der Waals surface area contributed by atoms with Crippen LogP contribution in [0.4, 0.5) is 0 Å². The van der Waals surface area contributed by atoms with Gasteiger partial charge in [0.2, 0.25) is 10.4 Å². The molecule has 0 spiro atoms. The molecule has 0 rings (SSSR count). The zero-order chi connectivity index (χ0) is 25.9. The Balaban J connectivity index is 0. The van der Waals surface area contributed by atoms with Gasteiger partial charge in [-0.15, -0.1) is 0 Å². The van der Waals surface area contributed by atoms with E-state index in [2.05, 4.69) is 18.0 Å². The van der Waals surface area contributed by atoms with Crippen molar-refractivity contribution in [3.05, 3.63) is 0 Å². The van der Waals surface area contributed by atoms with Crippen LogP contribution in [0.5, 0.6) is 0 Å². The molecule has 0 aliphatic rings. The van der Waals surface area contributed by atoms with E-state index in [0.29, 0.717) is 0 Å². The molecular weight excluding hydrogens is 495 g/mol. The second-order valence-electron chi connectivity index (χ2n) is 10.9. The van der Waals surface area contributed by atoms with Gasteiger partial charge in [0.05, 0.1) is 6.61 Å². The molecular formula is C30H61KO4S. The monoisotopic (exact) mass is 556 g/mol. The predicted octanol–water partition coefficient (Wildman–Crippen LogP) is 7.27. The molecule has 0 aliphatic heterocycles. The van der Waals surface area contributed by atoms with Gasteiger partial charge in [0.15, 0.2) is 0 Å². The second kappa shape index (κ2) is 31.0. The van der Waals surface area contributed by atoms with Crippen LogP contribution in [0.2, 0.25) is 0 Å². The minimum Gasteiger partial charge on any atom is -0.726 e. The summed E-state index contributed by atoms with van der Waals surface area (Å²) in [5.41, 5.74) is 0. The van der Waals surface area contributed by atoms with Crippen LogP contribution in [0.25, 0.3) is 0 Å². The van der Waals surface area contributed by atoms with Crippen molar-refractivity contribution in [3.8, 4) is 0 Å². The topological polar surface area (TPSA) is 66.4 Å². The number of hydrogen-bond acceptors (Lipinski definition) is 4. The van der Waals surface area contributed by atoms with Gasteiger partial charge in [-0.3, -0.25) is 4.18 Å². The van der Waals surface area contributed by atoms with Gasteiger partial charge >= 0.3 is 51.4 Å². The molecule has 0 saturated carbocycles. The quantitative estimate of drug-likeness (QED) is 0.0421. The molecule has 36 heavy (non-hydrogen) atoms. The van der Waals surface area contributed by atoms with Crippen molar-refractivity contribution >= 4 is 10.4 Å². The summed E-state index contributed by atoms with van der Waals surface area (Å²) in [5.74, 6) is 0.200. The van der Waals surface area contributed by atoms with Gasteiger partial charge in [-0.25, -0.2) is 8.42 Å². The van der Waals surface area contributed by atoms with Gasteiger partial charge < -0.3 is 4.55 Å². The van der Waals surface area contributed by atoms with E-state index < -0.39 is 10.4 Å². The van der Waals surface area contributed by atoms with Gasteiger partial charge in [0.1, 0.15) is 0 Å². The first kappa shape index (κ1) is 39.6. The first-order valence-electron chi connectivity index (χ1n) is 15.6. The molecule has 0 saturated heterocycles. The van der Waals surface area contributed by atoms with Gasteiger partial charge in [0, 0.05) is 0 Å². The molecule has 1 atom stereocenters. The van der Waals surface area contributed by atoms with Crippen molar-refractivity contribution < 1.29 is 68.5 Å². The SMILES string of the molecule is CCCCCCCCCCCCCCCCCCCCCCC(CCCCCC)COS(=O)(=O)[O-].[K+]. The number of hydrogen-bond donors (Lipinski definition) is 0. The van der Waals surface area contributed by atoms with E-state index >= 15 is 0 Å². The Morgan fingerprint density at radius 2 is 0.750 bits per heavy atom. The summed E-state index contributed by atoms with van der Waals surface area (Å²) in [6.07, 6.45) is 34.1. The van der Waals surface area contributed by atoms with Crippen molar-refractivity contribution in [2.24, 2.45) is 5.92 Å². The minimum absolute atomic E-state index is 0. The van der Waals surface area contributed by atoms with Crippen LogP contribution in [0, 0.1) is 5.92 Å². The second-order valence-corrected chi connectivity index (χ2v) is 12.0. The standard InChI is InChI=1S/C30H62O4S.K/c1-3-5-7-9-10-11-12-13-14-15-16-17-18-19-20-21-22-23-24-26-28-30(27-25-8-6-4-2)29-34-35(31,32)33;/h30H,3-29H2,1-2H3,(H,31,32,33);/q;+1/p-1. The van der Waals surface area contributed by atoms with Crippen LogP contribution in [-0.4, -0.2) is 19.6 Å². The van der Waals surface area contributed by atoms with E-state index in [9.17, 15) is 13.0 Å². The third kappa shape index (κ3) is 33.5. The summed E-state index contributed by atoms with van der Waals surface area (Å²) in [5, 5.41) is 0. The molecule has 0 aromatic heterocycles. The molecule has 0 amide bonds. The Labute approximate surface area is 269 Å². The summed E-state index contributed by atoms with van der Waals surface area (Å²) in [4.78, 5) is 0. The first-order chi connectivity index (χ1) is 17.0. The van der Waals surface area contributed by atoms with Crippen LogP contribution < -0.4 is 51.4 Å². The third-order valence-electron chi connectivity index (χ3n) is 7.38. The fourth-order valence-electron chi connectivity index (χ4n) is 5.04. The molecule has 212 valence electrons. The molecule has 0 bridgehead atoms. The van der Waals surface area contributed by atoms with Crippen molar-refractivity contribution in [3.63, 3.8) is 0 Å². The average Bonchev–Trinajstić information content (AvgIpc) is 2.82. The maximum Gasteiger partial charge on any atom is 1.00 e. The molecule has 6 heteroatoms. The van der Waals surface area contributed by atoms with Crippen molar-refractivity contribution in [2.45, 2.75) is 181 Å². The zero-order valence-electron chi connectivity index (χ0n) is 24.7. The van der Waals surface area contributed by atoms with Crippen molar-refractivity contribution in [1.82, 2.24) is 0 Å². The third-order valence-corrected chi connectivity index (χ3v) is 7.80. The summed E-state index contributed by atoms with van der Waals surface area (Å²) in [7, 11) is -4.57. The number of unbranched alkanes of at least 4 members (excludes halogenated alkanes) is 22. The molecule has 4 nitrogen and oxygen atoms in total. The normalized spacial score (nSPS) is 12.5. The van der Waals surface area contributed by atoms with E-state index in [0.717, 1.165) is 25.7 Å². The summed E-state index contributed by atoms with van der Waals surface area (Å²) >= 11 is 0. The Hall–Kier alpha value is 1.51.